The third-order valence-corrected chi connectivity index (χ3v) is 3.04. The summed E-state index contributed by atoms with van der Waals surface area (Å²) in [5.74, 6) is 0.452. The van der Waals surface area contributed by atoms with Crippen molar-refractivity contribution in [2.75, 3.05) is 6.61 Å². The van der Waals surface area contributed by atoms with E-state index in [-0.39, 0.29) is 12.5 Å². The highest BCUT2D eigenvalue weighted by molar-refractivity contribution is 9.10. The Morgan fingerprint density at radius 2 is 2.17 bits per heavy atom. The van der Waals surface area contributed by atoms with Crippen LogP contribution in [0.3, 0.4) is 0 Å². The predicted octanol–water partition coefficient (Wildman–Crippen LogP) is 2.98. The van der Waals surface area contributed by atoms with E-state index in [4.69, 9.17) is 4.74 Å². The van der Waals surface area contributed by atoms with E-state index in [2.05, 4.69) is 21.0 Å². The molecule has 2 rings (SSSR count). The minimum atomic E-state index is -0.199. The summed E-state index contributed by atoms with van der Waals surface area (Å²) < 4.78 is 7.59. The number of halogens is 1. The molecule has 0 N–H and O–H groups in total. The molecule has 0 spiro atoms. The smallest absolute Gasteiger partial charge is 0.284 e. The Hall–Kier alpha value is -1.62. The SMILES string of the molecule is Cc1ccc(OCC(=O)n2ccc(C)n2)c(Br)c1. The molecule has 0 aliphatic rings. The molecule has 4 nitrogen and oxygen atoms in total. The van der Waals surface area contributed by atoms with Gasteiger partial charge in [0.2, 0.25) is 0 Å². The summed E-state index contributed by atoms with van der Waals surface area (Å²) in [6.45, 7) is 3.79. The topological polar surface area (TPSA) is 44.1 Å². The Morgan fingerprint density at radius 1 is 1.39 bits per heavy atom. The van der Waals surface area contributed by atoms with E-state index in [1.165, 1.54) is 4.68 Å². The van der Waals surface area contributed by atoms with Crippen LogP contribution in [0.5, 0.6) is 5.75 Å². The molecule has 1 heterocycles. The molecule has 5 heteroatoms. The lowest BCUT2D eigenvalue weighted by molar-refractivity contribution is 0.0820. The lowest BCUT2D eigenvalue weighted by Crippen LogP contribution is -2.19. The zero-order valence-corrected chi connectivity index (χ0v) is 11.8. The van der Waals surface area contributed by atoms with E-state index < -0.39 is 0 Å². The Kier molecular flexibility index (Phi) is 3.81. The van der Waals surface area contributed by atoms with Crippen LogP contribution < -0.4 is 4.74 Å². The van der Waals surface area contributed by atoms with Crippen LogP contribution in [0.2, 0.25) is 0 Å². The van der Waals surface area contributed by atoms with Crippen LogP contribution in [-0.2, 0) is 0 Å². The summed E-state index contributed by atoms with van der Waals surface area (Å²) in [5.41, 5.74) is 1.93. The Labute approximate surface area is 114 Å². The molecule has 0 saturated carbocycles. The first-order valence-electron chi connectivity index (χ1n) is 5.50. The normalized spacial score (nSPS) is 10.4. The number of aryl methyl sites for hydroxylation is 2. The number of carbonyl (C=O) groups is 1. The summed E-state index contributed by atoms with van der Waals surface area (Å²) in [4.78, 5) is 11.8. The second-order valence-electron chi connectivity index (χ2n) is 4.02. The molecule has 1 aromatic heterocycles. The first-order chi connectivity index (χ1) is 8.56. The lowest BCUT2D eigenvalue weighted by atomic mass is 10.2. The maximum Gasteiger partial charge on any atom is 0.284 e. The van der Waals surface area contributed by atoms with Crippen molar-refractivity contribution in [1.82, 2.24) is 9.78 Å². The van der Waals surface area contributed by atoms with E-state index in [0.717, 1.165) is 15.7 Å². The molecular formula is C13H13BrN2O2. The van der Waals surface area contributed by atoms with Crippen molar-refractivity contribution in [3.63, 3.8) is 0 Å². The van der Waals surface area contributed by atoms with Crippen molar-refractivity contribution in [2.24, 2.45) is 0 Å². The molecule has 2 aromatic rings. The monoisotopic (exact) mass is 308 g/mol. The molecule has 18 heavy (non-hydrogen) atoms. The third-order valence-electron chi connectivity index (χ3n) is 2.42. The number of nitrogens with zero attached hydrogens (tertiary/aromatic N) is 2. The van der Waals surface area contributed by atoms with Crippen LogP contribution in [0.4, 0.5) is 0 Å². The average Bonchev–Trinajstić information content (AvgIpc) is 2.74. The molecule has 0 radical (unpaired) electrons. The maximum absolute atomic E-state index is 11.8. The van der Waals surface area contributed by atoms with Gasteiger partial charge in [-0.2, -0.15) is 5.10 Å². The van der Waals surface area contributed by atoms with Crippen LogP contribution >= 0.6 is 15.9 Å². The fourth-order valence-electron chi connectivity index (χ4n) is 1.48. The predicted molar refractivity (Wildman–Crippen MR) is 72.0 cm³/mol. The van der Waals surface area contributed by atoms with Gasteiger partial charge in [-0.25, -0.2) is 4.68 Å². The highest BCUT2D eigenvalue weighted by Crippen LogP contribution is 2.25. The second-order valence-corrected chi connectivity index (χ2v) is 4.87. The van der Waals surface area contributed by atoms with Gasteiger partial charge in [0.25, 0.3) is 5.91 Å². The zero-order chi connectivity index (χ0) is 13.1. The van der Waals surface area contributed by atoms with E-state index in [0.29, 0.717) is 5.75 Å². The van der Waals surface area contributed by atoms with Crippen molar-refractivity contribution >= 4 is 21.8 Å². The van der Waals surface area contributed by atoms with Crippen molar-refractivity contribution in [1.29, 1.82) is 0 Å². The molecule has 0 unspecified atom stereocenters. The molecule has 0 aliphatic carbocycles. The minimum absolute atomic E-state index is 0.0389. The summed E-state index contributed by atoms with van der Waals surface area (Å²) in [5, 5.41) is 4.03. The third kappa shape index (κ3) is 2.98. The van der Waals surface area contributed by atoms with Crippen LogP contribution in [0.15, 0.2) is 34.9 Å². The van der Waals surface area contributed by atoms with Gasteiger partial charge in [-0.3, -0.25) is 4.79 Å². The van der Waals surface area contributed by atoms with Crippen molar-refractivity contribution in [2.45, 2.75) is 13.8 Å². The lowest BCUT2D eigenvalue weighted by Gasteiger charge is -2.07. The fourth-order valence-corrected chi connectivity index (χ4v) is 2.09. The van der Waals surface area contributed by atoms with Gasteiger partial charge in [-0.1, -0.05) is 6.07 Å². The molecule has 94 valence electrons. The molecule has 0 bridgehead atoms. The Morgan fingerprint density at radius 3 is 2.78 bits per heavy atom. The summed E-state index contributed by atoms with van der Waals surface area (Å²) in [7, 11) is 0. The van der Waals surface area contributed by atoms with Gasteiger partial charge in [0.1, 0.15) is 5.75 Å². The number of rotatable bonds is 3. The Bertz CT molecular complexity index is 578. The number of hydrogen-bond donors (Lipinski definition) is 0. The van der Waals surface area contributed by atoms with Crippen LogP contribution in [0, 0.1) is 13.8 Å². The highest BCUT2D eigenvalue weighted by Gasteiger charge is 2.08. The van der Waals surface area contributed by atoms with E-state index >= 15 is 0 Å². The Balaban J connectivity index is 2.01. The quantitative estimate of drug-likeness (QED) is 0.875. The van der Waals surface area contributed by atoms with Gasteiger partial charge in [-0.05, 0) is 53.5 Å². The first-order valence-corrected chi connectivity index (χ1v) is 6.30. The summed E-state index contributed by atoms with van der Waals surface area (Å²) in [6, 6.07) is 7.49. The van der Waals surface area contributed by atoms with Crippen molar-refractivity contribution in [3.8, 4) is 5.75 Å². The second kappa shape index (κ2) is 5.35. The van der Waals surface area contributed by atoms with Crippen LogP contribution in [-0.4, -0.2) is 22.3 Å². The zero-order valence-electron chi connectivity index (χ0n) is 10.2. The average molecular weight is 309 g/mol. The summed E-state index contributed by atoms with van der Waals surface area (Å²) in [6.07, 6.45) is 1.63. The summed E-state index contributed by atoms with van der Waals surface area (Å²) >= 11 is 3.40. The molecular weight excluding hydrogens is 296 g/mol. The molecule has 0 atom stereocenters. The van der Waals surface area contributed by atoms with Gasteiger partial charge >= 0.3 is 0 Å². The molecule has 1 aromatic carbocycles. The molecule has 0 amide bonds. The number of ether oxygens (including phenoxy) is 1. The van der Waals surface area contributed by atoms with Gasteiger partial charge in [0.05, 0.1) is 10.2 Å². The number of aromatic nitrogens is 2. The first kappa shape index (κ1) is 12.8. The minimum Gasteiger partial charge on any atom is -0.483 e. The molecule has 0 fully saturated rings. The van der Waals surface area contributed by atoms with E-state index in [1.54, 1.807) is 12.3 Å². The van der Waals surface area contributed by atoms with Gasteiger partial charge in [-0.15, -0.1) is 0 Å². The van der Waals surface area contributed by atoms with E-state index in [9.17, 15) is 4.79 Å². The standard InChI is InChI=1S/C13H13BrN2O2/c1-9-3-4-12(11(14)7-9)18-8-13(17)16-6-5-10(2)15-16/h3-7H,8H2,1-2H3. The van der Waals surface area contributed by atoms with Gasteiger partial charge in [0, 0.05) is 6.20 Å². The highest BCUT2D eigenvalue weighted by atomic mass is 79.9. The maximum atomic E-state index is 11.8. The van der Waals surface area contributed by atoms with E-state index in [1.807, 2.05) is 32.0 Å². The van der Waals surface area contributed by atoms with Crippen molar-refractivity contribution in [3.05, 3.63) is 46.2 Å². The number of carbonyl (C=O) groups excluding carboxylic acids is 1. The van der Waals surface area contributed by atoms with Crippen LogP contribution in [0.1, 0.15) is 16.1 Å². The largest absolute Gasteiger partial charge is 0.483 e. The molecule has 0 aliphatic heterocycles. The van der Waals surface area contributed by atoms with Gasteiger partial charge in [0.15, 0.2) is 6.61 Å². The van der Waals surface area contributed by atoms with Crippen LogP contribution in [0.25, 0.3) is 0 Å². The number of benzene rings is 1. The van der Waals surface area contributed by atoms with Crippen molar-refractivity contribution < 1.29 is 9.53 Å². The molecule has 0 saturated heterocycles. The van der Waals surface area contributed by atoms with Gasteiger partial charge < -0.3 is 4.74 Å². The fraction of sp³-hybridized carbons (Fsp3) is 0.231. The number of hydrogen-bond acceptors (Lipinski definition) is 3.